The first kappa shape index (κ1) is 14.9. The predicted molar refractivity (Wildman–Crippen MR) is 82.7 cm³/mol. The summed E-state index contributed by atoms with van der Waals surface area (Å²) in [4.78, 5) is 5.89. The molecule has 1 aliphatic heterocycles. The molecule has 1 fully saturated rings. The molecule has 4 heteroatoms. The Labute approximate surface area is 121 Å². The topological polar surface area (TPSA) is 37.0 Å². The van der Waals surface area contributed by atoms with Crippen molar-refractivity contribution in [2.24, 2.45) is 5.92 Å². The van der Waals surface area contributed by atoms with E-state index in [2.05, 4.69) is 29.5 Å². The van der Waals surface area contributed by atoms with Gasteiger partial charge in [0.05, 0.1) is 6.04 Å². The molecular formula is C15H27N3S. The highest BCUT2D eigenvalue weighted by molar-refractivity contribution is 7.11. The first-order valence-electron chi connectivity index (χ1n) is 7.68. The molecule has 2 N–H and O–H groups in total. The second-order valence-corrected chi connectivity index (χ2v) is 6.68. The van der Waals surface area contributed by atoms with Crippen LogP contribution < -0.4 is 10.6 Å². The van der Waals surface area contributed by atoms with Gasteiger partial charge in [-0.05, 0) is 64.6 Å². The number of nitrogens with zero attached hydrogens (tertiary/aromatic N) is 1. The van der Waals surface area contributed by atoms with E-state index in [0.29, 0.717) is 6.04 Å². The minimum absolute atomic E-state index is 0.401. The van der Waals surface area contributed by atoms with E-state index < -0.39 is 0 Å². The molecule has 0 amide bonds. The molecule has 1 atom stereocenters. The third-order valence-electron chi connectivity index (χ3n) is 3.99. The summed E-state index contributed by atoms with van der Waals surface area (Å²) in [6.07, 6.45) is 8.51. The van der Waals surface area contributed by atoms with Gasteiger partial charge < -0.3 is 10.6 Å². The van der Waals surface area contributed by atoms with E-state index in [1.807, 2.05) is 17.5 Å². The lowest BCUT2D eigenvalue weighted by Gasteiger charge is -2.22. The van der Waals surface area contributed by atoms with Gasteiger partial charge in [0, 0.05) is 11.1 Å². The molecule has 19 heavy (non-hydrogen) atoms. The summed E-state index contributed by atoms with van der Waals surface area (Å²) in [6, 6.07) is 0.401. The maximum absolute atomic E-state index is 4.50. The zero-order valence-electron chi connectivity index (χ0n) is 12.2. The molecule has 0 spiro atoms. The Bertz CT molecular complexity index is 358. The maximum Gasteiger partial charge on any atom is 0.109 e. The number of nitrogens with one attached hydrogen (secondary N) is 2. The van der Waals surface area contributed by atoms with Gasteiger partial charge in [-0.25, -0.2) is 4.98 Å². The SMILES string of the molecule is CCc1cnc(C(C)NCCCC2CCNCC2)s1. The van der Waals surface area contributed by atoms with Crippen molar-refractivity contribution in [3.8, 4) is 0 Å². The van der Waals surface area contributed by atoms with Gasteiger partial charge in [-0.2, -0.15) is 0 Å². The van der Waals surface area contributed by atoms with E-state index in [0.717, 1.165) is 18.9 Å². The van der Waals surface area contributed by atoms with Gasteiger partial charge in [0.25, 0.3) is 0 Å². The molecule has 0 radical (unpaired) electrons. The van der Waals surface area contributed by atoms with Crippen LogP contribution in [0.3, 0.4) is 0 Å². The summed E-state index contributed by atoms with van der Waals surface area (Å²) in [5.74, 6) is 0.949. The van der Waals surface area contributed by atoms with Gasteiger partial charge in [0.15, 0.2) is 0 Å². The van der Waals surface area contributed by atoms with Gasteiger partial charge in [-0.15, -0.1) is 11.3 Å². The molecule has 1 saturated heterocycles. The van der Waals surface area contributed by atoms with Crippen molar-refractivity contribution in [3.05, 3.63) is 16.1 Å². The number of aromatic nitrogens is 1. The Morgan fingerprint density at radius 3 is 2.95 bits per heavy atom. The lowest BCUT2D eigenvalue weighted by Crippen LogP contribution is -2.28. The second kappa shape index (κ2) is 7.98. The Balaban J connectivity index is 1.61. The highest BCUT2D eigenvalue weighted by Gasteiger charge is 2.13. The molecule has 1 aromatic heterocycles. The zero-order chi connectivity index (χ0) is 13.5. The number of hydrogen-bond acceptors (Lipinski definition) is 4. The number of hydrogen-bond donors (Lipinski definition) is 2. The summed E-state index contributed by atoms with van der Waals surface area (Å²) in [6.45, 7) is 7.96. The van der Waals surface area contributed by atoms with Crippen LogP contribution in [0.15, 0.2) is 6.20 Å². The monoisotopic (exact) mass is 281 g/mol. The maximum atomic E-state index is 4.50. The van der Waals surface area contributed by atoms with Crippen molar-refractivity contribution in [2.75, 3.05) is 19.6 Å². The molecule has 0 aromatic carbocycles. The first-order valence-corrected chi connectivity index (χ1v) is 8.50. The minimum Gasteiger partial charge on any atom is -0.317 e. The van der Waals surface area contributed by atoms with Gasteiger partial charge in [-0.3, -0.25) is 0 Å². The minimum atomic E-state index is 0.401. The van der Waals surface area contributed by atoms with E-state index >= 15 is 0 Å². The van der Waals surface area contributed by atoms with Crippen LogP contribution in [0, 0.1) is 5.92 Å². The van der Waals surface area contributed by atoms with Crippen molar-refractivity contribution in [1.82, 2.24) is 15.6 Å². The Morgan fingerprint density at radius 2 is 2.26 bits per heavy atom. The van der Waals surface area contributed by atoms with Crippen molar-refractivity contribution >= 4 is 11.3 Å². The van der Waals surface area contributed by atoms with Crippen LogP contribution in [0.5, 0.6) is 0 Å². The van der Waals surface area contributed by atoms with Crippen molar-refractivity contribution in [3.63, 3.8) is 0 Å². The second-order valence-electron chi connectivity index (χ2n) is 5.53. The van der Waals surface area contributed by atoms with Gasteiger partial charge in [0.1, 0.15) is 5.01 Å². The summed E-state index contributed by atoms with van der Waals surface area (Å²) in [5.41, 5.74) is 0. The molecule has 1 aromatic rings. The van der Waals surface area contributed by atoms with Crippen LogP contribution in [-0.4, -0.2) is 24.6 Å². The van der Waals surface area contributed by atoms with Gasteiger partial charge in [0.2, 0.25) is 0 Å². The number of aryl methyl sites for hydroxylation is 1. The van der Waals surface area contributed by atoms with Gasteiger partial charge >= 0.3 is 0 Å². The molecule has 0 saturated carbocycles. The Morgan fingerprint density at radius 1 is 1.47 bits per heavy atom. The lowest BCUT2D eigenvalue weighted by atomic mass is 9.93. The Kier molecular flexibility index (Phi) is 6.28. The summed E-state index contributed by atoms with van der Waals surface area (Å²) >= 11 is 1.85. The normalized spacial score (nSPS) is 18.6. The third-order valence-corrected chi connectivity index (χ3v) is 5.31. The van der Waals surface area contributed by atoms with Crippen molar-refractivity contribution in [2.45, 2.75) is 52.0 Å². The lowest BCUT2D eigenvalue weighted by molar-refractivity contribution is 0.342. The van der Waals surface area contributed by atoms with Crippen LogP contribution in [-0.2, 0) is 6.42 Å². The van der Waals surface area contributed by atoms with Crippen LogP contribution >= 0.6 is 11.3 Å². The fourth-order valence-electron chi connectivity index (χ4n) is 2.65. The number of thiazole rings is 1. The molecular weight excluding hydrogens is 254 g/mol. The Hall–Kier alpha value is -0.450. The number of rotatable bonds is 7. The summed E-state index contributed by atoms with van der Waals surface area (Å²) < 4.78 is 0. The van der Waals surface area contributed by atoms with Crippen LogP contribution in [0.1, 0.15) is 55.5 Å². The average molecular weight is 281 g/mol. The molecule has 2 rings (SSSR count). The highest BCUT2D eigenvalue weighted by Crippen LogP contribution is 2.21. The number of piperidine rings is 1. The smallest absolute Gasteiger partial charge is 0.109 e. The van der Waals surface area contributed by atoms with E-state index in [1.165, 1.54) is 48.7 Å². The molecule has 108 valence electrons. The van der Waals surface area contributed by atoms with E-state index in [1.54, 1.807) is 0 Å². The van der Waals surface area contributed by atoms with Crippen LogP contribution in [0.2, 0.25) is 0 Å². The highest BCUT2D eigenvalue weighted by atomic mass is 32.1. The fourth-order valence-corrected chi connectivity index (χ4v) is 3.54. The summed E-state index contributed by atoms with van der Waals surface area (Å²) in [7, 11) is 0. The summed E-state index contributed by atoms with van der Waals surface area (Å²) in [5, 5.41) is 8.27. The van der Waals surface area contributed by atoms with Crippen LogP contribution in [0.4, 0.5) is 0 Å². The molecule has 0 bridgehead atoms. The van der Waals surface area contributed by atoms with Crippen LogP contribution in [0.25, 0.3) is 0 Å². The molecule has 1 unspecified atom stereocenters. The molecule has 0 aliphatic carbocycles. The molecule has 2 heterocycles. The van der Waals surface area contributed by atoms with E-state index in [9.17, 15) is 0 Å². The fraction of sp³-hybridized carbons (Fsp3) is 0.800. The van der Waals surface area contributed by atoms with E-state index in [-0.39, 0.29) is 0 Å². The van der Waals surface area contributed by atoms with Crippen molar-refractivity contribution < 1.29 is 0 Å². The quantitative estimate of drug-likeness (QED) is 0.754. The predicted octanol–water partition coefficient (Wildman–Crippen LogP) is 3.14. The first-order chi connectivity index (χ1) is 9.29. The molecule has 1 aliphatic rings. The molecule has 3 nitrogen and oxygen atoms in total. The zero-order valence-corrected chi connectivity index (χ0v) is 13.1. The standard InChI is InChI=1S/C15H27N3S/c1-3-14-11-18-15(19-14)12(2)17-8-4-5-13-6-9-16-10-7-13/h11-13,16-17H,3-10H2,1-2H3. The average Bonchev–Trinajstić information content (AvgIpc) is 2.93. The van der Waals surface area contributed by atoms with Gasteiger partial charge in [-0.1, -0.05) is 6.92 Å². The van der Waals surface area contributed by atoms with Crippen molar-refractivity contribution in [1.29, 1.82) is 0 Å². The van der Waals surface area contributed by atoms with E-state index in [4.69, 9.17) is 0 Å². The third kappa shape index (κ3) is 4.86. The largest absolute Gasteiger partial charge is 0.317 e.